The molecule has 0 aliphatic carbocycles. The second kappa shape index (κ2) is 5.73. The van der Waals surface area contributed by atoms with Crippen molar-refractivity contribution in [3.05, 3.63) is 53.0 Å². The Kier molecular flexibility index (Phi) is 4.78. The standard InChI is InChI=1S/C12H10BrNO2S.ClH/c13-9-1-5-11(6-2-9)17(15,16)12-7-3-10(14)4-8-12;/h1-8H,14H2;1H. The summed E-state index contributed by atoms with van der Waals surface area (Å²) in [6.07, 6.45) is 0. The smallest absolute Gasteiger partial charge is 0.206 e. The molecule has 0 fully saturated rings. The second-order valence-electron chi connectivity index (χ2n) is 3.53. The first-order valence-corrected chi connectivity index (χ1v) is 7.14. The fraction of sp³-hybridized carbons (Fsp3) is 0. The molecule has 96 valence electrons. The molecule has 0 heterocycles. The molecule has 0 amide bonds. The van der Waals surface area contributed by atoms with E-state index >= 15 is 0 Å². The lowest BCUT2D eigenvalue weighted by molar-refractivity contribution is 0.596. The zero-order valence-electron chi connectivity index (χ0n) is 9.21. The Morgan fingerprint density at radius 1 is 0.833 bits per heavy atom. The molecule has 0 spiro atoms. The van der Waals surface area contributed by atoms with Crippen LogP contribution in [-0.2, 0) is 9.84 Å². The van der Waals surface area contributed by atoms with Crippen molar-refractivity contribution in [2.24, 2.45) is 0 Å². The van der Waals surface area contributed by atoms with Gasteiger partial charge < -0.3 is 5.73 Å². The maximum atomic E-state index is 12.2. The zero-order chi connectivity index (χ0) is 12.5. The molecular weight excluding hydrogens is 338 g/mol. The largest absolute Gasteiger partial charge is 0.399 e. The van der Waals surface area contributed by atoms with Crippen LogP contribution in [0.4, 0.5) is 5.69 Å². The molecule has 0 saturated heterocycles. The van der Waals surface area contributed by atoms with Crippen LogP contribution in [0.1, 0.15) is 0 Å². The van der Waals surface area contributed by atoms with Gasteiger partial charge in [0.15, 0.2) is 0 Å². The average molecular weight is 349 g/mol. The van der Waals surface area contributed by atoms with Crippen molar-refractivity contribution in [3.8, 4) is 0 Å². The van der Waals surface area contributed by atoms with Crippen LogP contribution in [0.25, 0.3) is 0 Å². The van der Waals surface area contributed by atoms with Crippen molar-refractivity contribution < 1.29 is 8.42 Å². The molecule has 2 aromatic carbocycles. The van der Waals surface area contributed by atoms with Crippen LogP contribution in [0, 0.1) is 0 Å². The molecule has 3 nitrogen and oxygen atoms in total. The minimum Gasteiger partial charge on any atom is -0.399 e. The van der Waals surface area contributed by atoms with Crippen molar-refractivity contribution >= 4 is 43.9 Å². The van der Waals surface area contributed by atoms with Gasteiger partial charge in [-0.1, -0.05) is 15.9 Å². The van der Waals surface area contributed by atoms with E-state index in [0.29, 0.717) is 5.69 Å². The Morgan fingerprint density at radius 3 is 1.67 bits per heavy atom. The number of anilines is 1. The SMILES string of the molecule is Cl.Nc1ccc(S(=O)(=O)c2ccc(Br)cc2)cc1. The number of sulfone groups is 1. The summed E-state index contributed by atoms with van der Waals surface area (Å²) in [5.74, 6) is 0. The number of benzene rings is 2. The van der Waals surface area contributed by atoms with Gasteiger partial charge in [0.25, 0.3) is 0 Å². The number of hydrogen-bond acceptors (Lipinski definition) is 3. The molecule has 0 saturated carbocycles. The fourth-order valence-electron chi connectivity index (χ4n) is 1.40. The fourth-order valence-corrected chi connectivity index (χ4v) is 2.92. The lowest BCUT2D eigenvalue weighted by Crippen LogP contribution is -2.01. The molecule has 0 aromatic heterocycles. The molecular formula is C12H11BrClNO2S. The third kappa shape index (κ3) is 3.04. The van der Waals surface area contributed by atoms with E-state index in [1.165, 1.54) is 12.1 Å². The maximum absolute atomic E-state index is 12.2. The monoisotopic (exact) mass is 347 g/mol. The lowest BCUT2D eigenvalue weighted by atomic mass is 10.3. The van der Waals surface area contributed by atoms with Gasteiger partial charge in [-0.05, 0) is 48.5 Å². The van der Waals surface area contributed by atoms with Crippen molar-refractivity contribution in [1.82, 2.24) is 0 Å². The van der Waals surface area contributed by atoms with E-state index < -0.39 is 9.84 Å². The van der Waals surface area contributed by atoms with Crippen LogP contribution in [0.5, 0.6) is 0 Å². The number of hydrogen-bond donors (Lipinski definition) is 1. The summed E-state index contributed by atoms with van der Waals surface area (Å²) in [7, 11) is -3.45. The van der Waals surface area contributed by atoms with Gasteiger partial charge in [0.2, 0.25) is 9.84 Å². The first-order valence-electron chi connectivity index (χ1n) is 4.86. The van der Waals surface area contributed by atoms with E-state index in [9.17, 15) is 8.42 Å². The van der Waals surface area contributed by atoms with Crippen molar-refractivity contribution in [2.45, 2.75) is 9.79 Å². The Labute approximate surface area is 120 Å². The van der Waals surface area contributed by atoms with E-state index in [4.69, 9.17) is 5.73 Å². The summed E-state index contributed by atoms with van der Waals surface area (Å²) < 4.78 is 25.2. The van der Waals surface area contributed by atoms with Gasteiger partial charge in [0, 0.05) is 10.2 Å². The van der Waals surface area contributed by atoms with E-state index in [1.54, 1.807) is 36.4 Å². The van der Waals surface area contributed by atoms with Crippen LogP contribution in [-0.4, -0.2) is 8.42 Å². The van der Waals surface area contributed by atoms with Crippen molar-refractivity contribution in [3.63, 3.8) is 0 Å². The Bertz CT molecular complexity index is 573. The van der Waals surface area contributed by atoms with E-state index in [-0.39, 0.29) is 22.2 Å². The summed E-state index contributed by atoms with van der Waals surface area (Å²) >= 11 is 3.27. The van der Waals surface area contributed by atoms with Gasteiger partial charge in [0.05, 0.1) is 9.79 Å². The van der Waals surface area contributed by atoms with Gasteiger partial charge in [-0.2, -0.15) is 0 Å². The topological polar surface area (TPSA) is 60.2 Å². The second-order valence-corrected chi connectivity index (χ2v) is 6.39. The molecule has 0 radical (unpaired) electrons. The van der Waals surface area contributed by atoms with Crippen molar-refractivity contribution in [2.75, 3.05) is 5.73 Å². The molecule has 18 heavy (non-hydrogen) atoms. The molecule has 0 unspecified atom stereocenters. The lowest BCUT2D eigenvalue weighted by Gasteiger charge is -2.04. The highest BCUT2D eigenvalue weighted by atomic mass is 79.9. The minimum absolute atomic E-state index is 0. The van der Waals surface area contributed by atoms with Crippen LogP contribution in [0.2, 0.25) is 0 Å². The Hall–Kier alpha value is -1.04. The molecule has 2 aromatic rings. The van der Waals surface area contributed by atoms with Gasteiger partial charge in [-0.25, -0.2) is 8.42 Å². The highest BCUT2D eigenvalue weighted by Crippen LogP contribution is 2.23. The Balaban J connectivity index is 0.00000162. The molecule has 0 bridgehead atoms. The third-order valence-electron chi connectivity index (χ3n) is 2.31. The number of rotatable bonds is 2. The van der Waals surface area contributed by atoms with Crippen LogP contribution in [0.3, 0.4) is 0 Å². The predicted molar refractivity (Wildman–Crippen MR) is 77.7 cm³/mol. The maximum Gasteiger partial charge on any atom is 0.206 e. The van der Waals surface area contributed by atoms with E-state index in [1.807, 2.05) is 0 Å². The van der Waals surface area contributed by atoms with Crippen LogP contribution in [0.15, 0.2) is 62.8 Å². The number of halogens is 2. The number of nitrogens with two attached hydrogens (primary N) is 1. The summed E-state index contributed by atoms with van der Waals surface area (Å²) in [6, 6.07) is 12.7. The van der Waals surface area contributed by atoms with E-state index in [0.717, 1.165) is 4.47 Å². The molecule has 2 N–H and O–H groups in total. The number of nitrogen functional groups attached to an aromatic ring is 1. The van der Waals surface area contributed by atoms with Crippen LogP contribution >= 0.6 is 28.3 Å². The third-order valence-corrected chi connectivity index (χ3v) is 4.63. The van der Waals surface area contributed by atoms with Crippen molar-refractivity contribution in [1.29, 1.82) is 0 Å². The quantitative estimate of drug-likeness (QED) is 0.847. The summed E-state index contributed by atoms with van der Waals surface area (Å²) in [5, 5.41) is 0. The molecule has 2 rings (SSSR count). The van der Waals surface area contributed by atoms with Gasteiger partial charge in [-0.3, -0.25) is 0 Å². The van der Waals surface area contributed by atoms with E-state index in [2.05, 4.69) is 15.9 Å². The summed E-state index contributed by atoms with van der Waals surface area (Å²) in [4.78, 5) is 0.513. The summed E-state index contributed by atoms with van der Waals surface area (Å²) in [6.45, 7) is 0. The van der Waals surface area contributed by atoms with Crippen LogP contribution < -0.4 is 5.73 Å². The predicted octanol–water partition coefficient (Wildman–Crippen LogP) is 3.29. The summed E-state index contributed by atoms with van der Waals surface area (Å²) in [5.41, 5.74) is 6.07. The molecule has 0 atom stereocenters. The van der Waals surface area contributed by atoms with Gasteiger partial charge in [-0.15, -0.1) is 12.4 Å². The molecule has 0 aliphatic rings. The minimum atomic E-state index is -3.45. The molecule has 0 aliphatic heterocycles. The van der Waals surface area contributed by atoms with Gasteiger partial charge >= 0.3 is 0 Å². The Morgan fingerprint density at radius 2 is 1.22 bits per heavy atom. The molecule has 6 heteroatoms. The zero-order valence-corrected chi connectivity index (χ0v) is 12.4. The average Bonchev–Trinajstić information content (AvgIpc) is 2.30. The normalized spacial score (nSPS) is 10.7. The highest BCUT2D eigenvalue weighted by molar-refractivity contribution is 9.10. The van der Waals surface area contributed by atoms with Gasteiger partial charge in [0.1, 0.15) is 0 Å². The highest BCUT2D eigenvalue weighted by Gasteiger charge is 2.16. The first kappa shape index (κ1) is 15.0. The first-order chi connectivity index (χ1) is 8.00.